The van der Waals surface area contributed by atoms with E-state index in [1.807, 2.05) is 6.07 Å². The van der Waals surface area contributed by atoms with Crippen LogP contribution in [0, 0.1) is 0 Å². The van der Waals surface area contributed by atoms with E-state index in [9.17, 15) is 8.42 Å². The number of hydrogen-bond acceptors (Lipinski definition) is 4. The minimum atomic E-state index is -2.95. The summed E-state index contributed by atoms with van der Waals surface area (Å²) in [6.07, 6.45) is 3.08. The zero-order valence-electron chi connectivity index (χ0n) is 13.5. The summed E-state index contributed by atoms with van der Waals surface area (Å²) in [5, 5.41) is 6.18. The van der Waals surface area contributed by atoms with Crippen molar-refractivity contribution in [2.75, 3.05) is 38.8 Å². The van der Waals surface area contributed by atoms with Gasteiger partial charge >= 0.3 is 0 Å². The Hall–Kier alpha value is -1.03. The number of aliphatic imine (C=N–C) groups is 1. The number of nitrogens with zero attached hydrogens (tertiary/aromatic N) is 1. The van der Waals surface area contributed by atoms with Crippen molar-refractivity contribution >= 4 is 39.8 Å². The Balaban J connectivity index is 0.00000264. The van der Waals surface area contributed by atoms with Crippen LogP contribution in [0.3, 0.4) is 0 Å². The minimum absolute atomic E-state index is 0. The second-order valence-corrected chi connectivity index (χ2v) is 7.61. The van der Waals surface area contributed by atoms with Crippen molar-refractivity contribution in [2.45, 2.75) is 12.8 Å². The molecule has 0 radical (unpaired) electrons. The second-order valence-electron chi connectivity index (χ2n) is 5.35. The molecule has 23 heavy (non-hydrogen) atoms. The SMILES string of the molecule is CN=C(NCCc1ccc2c(c1)CCO2)NCCS(C)(=O)=O.I. The molecule has 0 spiro atoms. The Morgan fingerprint density at radius 1 is 1.30 bits per heavy atom. The van der Waals surface area contributed by atoms with E-state index in [4.69, 9.17) is 4.74 Å². The average Bonchev–Trinajstić information content (AvgIpc) is 2.92. The molecule has 0 saturated carbocycles. The van der Waals surface area contributed by atoms with E-state index in [2.05, 4.69) is 27.8 Å². The van der Waals surface area contributed by atoms with Gasteiger partial charge in [-0.1, -0.05) is 12.1 Å². The van der Waals surface area contributed by atoms with Crippen LogP contribution in [0.5, 0.6) is 5.75 Å². The number of rotatable bonds is 6. The molecule has 1 aliphatic heterocycles. The summed E-state index contributed by atoms with van der Waals surface area (Å²) in [6, 6.07) is 6.28. The minimum Gasteiger partial charge on any atom is -0.493 e. The van der Waals surface area contributed by atoms with Gasteiger partial charge in [-0.2, -0.15) is 0 Å². The first-order valence-corrected chi connectivity index (χ1v) is 9.41. The summed E-state index contributed by atoms with van der Waals surface area (Å²) in [4.78, 5) is 4.08. The smallest absolute Gasteiger partial charge is 0.191 e. The van der Waals surface area contributed by atoms with E-state index in [1.54, 1.807) is 7.05 Å². The fourth-order valence-electron chi connectivity index (χ4n) is 2.30. The van der Waals surface area contributed by atoms with E-state index in [0.717, 1.165) is 31.7 Å². The summed E-state index contributed by atoms with van der Waals surface area (Å²) in [5.41, 5.74) is 2.52. The number of fused-ring (bicyclic) bond motifs is 1. The molecule has 2 rings (SSSR count). The van der Waals surface area contributed by atoms with Gasteiger partial charge in [-0.05, 0) is 23.6 Å². The van der Waals surface area contributed by atoms with Crippen LogP contribution >= 0.6 is 24.0 Å². The van der Waals surface area contributed by atoms with Gasteiger partial charge in [-0.25, -0.2) is 8.42 Å². The molecule has 1 heterocycles. The first-order valence-electron chi connectivity index (χ1n) is 7.35. The number of halogens is 1. The van der Waals surface area contributed by atoms with Crippen molar-refractivity contribution in [1.29, 1.82) is 0 Å². The Kier molecular flexibility index (Phi) is 8.10. The summed E-state index contributed by atoms with van der Waals surface area (Å²) in [6.45, 7) is 1.86. The van der Waals surface area contributed by atoms with Gasteiger partial charge in [0.2, 0.25) is 0 Å². The van der Waals surface area contributed by atoms with Crippen molar-refractivity contribution < 1.29 is 13.2 Å². The molecule has 0 aromatic heterocycles. The van der Waals surface area contributed by atoms with Crippen molar-refractivity contribution in [3.05, 3.63) is 29.3 Å². The van der Waals surface area contributed by atoms with Crippen LogP contribution in [0.15, 0.2) is 23.2 Å². The Bertz CT molecular complexity index is 647. The second kappa shape index (κ2) is 9.31. The third kappa shape index (κ3) is 6.94. The fourth-order valence-corrected chi connectivity index (χ4v) is 2.77. The largest absolute Gasteiger partial charge is 0.493 e. The molecule has 1 aromatic rings. The highest BCUT2D eigenvalue weighted by atomic mass is 127. The van der Waals surface area contributed by atoms with Crippen LogP contribution in [-0.2, 0) is 22.7 Å². The van der Waals surface area contributed by atoms with Gasteiger partial charge in [-0.3, -0.25) is 4.99 Å². The van der Waals surface area contributed by atoms with Gasteiger partial charge in [0.25, 0.3) is 0 Å². The maximum Gasteiger partial charge on any atom is 0.191 e. The Morgan fingerprint density at radius 2 is 2.04 bits per heavy atom. The lowest BCUT2D eigenvalue weighted by molar-refractivity contribution is 0.357. The normalized spacial score (nSPS) is 13.7. The van der Waals surface area contributed by atoms with Crippen molar-refractivity contribution in [2.24, 2.45) is 4.99 Å². The fraction of sp³-hybridized carbons (Fsp3) is 0.533. The van der Waals surface area contributed by atoms with E-state index >= 15 is 0 Å². The van der Waals surface area contributed by atoms with E-state index < -0.39 is 9.84 Å². The van der Waals surface area contributed by atoms with Crippen LogP contribution in [0.2, 0.25) is 0 Å². The number of nitrogens with one attached hydrogen (secondary N) is 2. The first kappa shape index (κ1) is 20.0. The van der Waals surface area contributed by atoms with Crippen LogP contribution in [0.1, 0.15) is 11.1 Å². The standard InChI is InChI=1S/C15H23N3O3S.HI/c1-16-15(18-8-10-22(2,19)20)17-7-5-12-3-4-14-13(11-12)6-9-21-14;/h3-4,11H,5-10H2,1-2H3,(H2,16,17,18);1H. The third-order valence-corrected chi connectivity index (χ3v) is 4.39. The summed E-state index contributed by atoms with van der Waals surface area (Å²) >= 11 is 0. The molecule has 0 aliphatic carbocycles. The average molecular weight is 453 g/mol. The van der Waals surface area contributed by atoms with Gasteiger partial charge in [0.1, 0.15) is 15.6 Å². The molecule has 6 nitrogen and oxygen atoms in total. The maximum absolute atomic E-state index is 11.1. The maximum atomic E-state index is 11.1. The van der Waals surface area contributed by atoms with Gasteiger partial charge in [0.05, 0.1) is 12.4 Å². The molecule has 0 unspecified atom stereocenters. The summed E-state index contributed by atoms with van der Waals surface area (Å²) in [5.74, 6) is 1.71. The number of hydrogen-bond donors (Lipinski definition) is 2. The van der Waals surface area contributed by atoms with Gasteiger partial charge in [-0.15, -0.1) is 24.0 Å². The molecule has 1 aliphatic rings. The molecule has 1 aromatic carbocycles. The van der Waals surface area contributed by atoms with Crippen molar-refractivity contribution in [3.8, 4) is 5.75 Å². The predicted octanol–water partition coefficient (Wildman–Crippen LogP) is 0.992. The van der Waals surface area contributed by atoms with Gasteiger partial charge < -0.3 is 15.4 Å². The Labute approximate surface area is 155 Å². The number of guanidine groups is 1. The molecule has 0 amide bonds. The number of benzene rings is 1. The molecule has 2 N–H and O–H groups in total. The summed E-state index contributed by atoms with van der Waals surface area (Å²) < 4.78 is 27.7. The highest BCUT2D eigenvalue weighted by Crippen LogP contribution is 2.25. The third-order valence-electron chi connectivity index (χ3n) is 3.45. The molecule has 0 fully saturated rings. The zero-order chi connectivity index (χ0) is 16.0. The molecule has 130 valence electrons. The first-order chi connectivity index (χ1) is 10.5. The van der Waals surface area contributed by atoms with Crippen molar-refractivity contribution in [3.63, 3.8) is 0 Å². The molecular formula is C15H24IN3O3S. The lowest BCUT2D eigenvalue weighted by Crippen LogP contribution is -2.40. The van der Waals surface area contributed by atoms with Crippen molar-refractivity contribution in [1.82, 2.24) is 10.6 Å². The van der Waals surface area contributed by atoms with E-state index in [1.165, 1.54) is 17.4 Å². The number of sulfone groups is 1. The molecular weight excluding hydrogens is 429 g/mol. The monoisotopic (exact) mass is 453 g/mol. The quantitative estimate of drug-likeness (QED) is 0.382. The van der Waals surface area contributed by atoms with Gasteiger partial charge in [0.15, 0.2) is 5.96 Å². The summed E-state index contributed by atoms with van der Waals surface area (Å²) in [7, 11) is -1.29. The van der Waals surface area contributed by atoms with E-state index in [0.29, 0.717) is 12.5 Å². The van der Waals surface area contributed by atoms with Crippen LogP contribution in [0.25, 0.3) is 0 Å². The lowest BCUT2D eigenvalue weighted by atomic mass is 10.1. The van der Waals surface area contributed by atoms with Gasteiger partial charge in [0, 0.05) is 32.8 Å². The lowest BCUT2D eigenvalue weighted by Gasteiger charge is -2.11. The highest BCUT2D eigenvalue weighted by molar-refractivity contribution is 14.0. The zero-order valence-corrected chi connectivity index (χ0v) is 16.6. The molecule has 0 bridgehead atoms. The molecule has 0 atom stereocenters. The molecule has 8 heteroatoms. The predicted molar refractivity (Wildman–Crippen MR) is 104 cm³/mol. The Morgan fingerprint density at radius 3 is 2.74 bits per heavy atom. The van der Waals surface area contributed by atoms with Crippen LogP contribution in [0.4, 0.5) is 0 Å². The molecule has 0 saturated heterocycles. The number of ether oxygens (including phenoxy) is 1. The van der Waals surface area contributed by atoms with Crippen LogP contribution < -0.4 is 15.4 Å². The highest BCUT2D eigenvalue weighted by Gasteiger charge is 2.11. The topological polar surface area (TPSA) is 79.8 Å². The van der Waals surface area contributed by atoms with E-state index in [-0.39, 0.29) is 29.7 Å². The van der Waals surface area contributed by atoms with Crippen LogP contribution in [-0.4, -0.2) is 53.1 Å².